The Morgan fingerprint density at radius 2 is 2.15 bits per heavy atom. The summed E-state index contributed by atoms with van der Waals surface area (Å²) in [5.74, 6) is 0.198. The number of rotatable bonds is 3. The van der Waals surface area contributed by atoms with Crippen LogP contribution in [0.1, 0.15) is 26.2 Å². The van der Waals surface area contributed by atoms with Gasteiger partial charge in [0, 0.05) is 5.92 Å². The second-order valence-corrected chi connectivity index (χ2v) is 3.37. The molecular formula is C12H16O. The molecule has 0 heterocycles. The molecule has 0 radical (unpaired) electrons. The predicted octanol–water partition coefficient (Wildman–Crippen LogP) is 3.04. The number of carbonyl (C=O) groups excluding carboxylic acids is 1. The lowest BCUT2D eigenvalue weighted by atomic mass is 10.1. The van der Waals surface area contributed by atoms with Crippen molar-refractivity contribution in [2.45, 2.75) is 26.2 Å². The third-order valence-electron chi connectivity index (χ3n) is 2.34. The fourth-order valence-electron chi connectivity index (χ4n) is 1.77. The summed E-state index contributed by atoms with van der Waals surface area (Å²) in [5.41, 5.74) is 2.62. The monoisotopic (exact) mass is 176 g/mol. The summed E-state index contributed by atoms with van der Waals surface area (Å²) in [7, 11) is 0. The Balaban J connectivity index is 2.82. The first kappa shape index (κ1) is 9.97. The molecule has 1 heteroatoms. The second kappa shape index (κ2) is 4.80. The maximum Gasteiger partial charge on any atom is 0.123 e. The summed E-state index contributed by atoms with van der Waals surface area (Å²) in [4.78, 5) is 10.6. The smallest absolute Gasteiger partial charge is 0.123 e. The molecule has 1 fully saturated rings. The van der Waals surface area contributed by atoms with Crippen molar-refractivity contribution in [1.82, 2.24) is 0 Å². The fraction of sp³-hybridized carbons (Fsp3) is 0.417. The Kier molecular flexibility index (Phi) is 3.69. The highest BCUT2D eigenvalue weighted by atomic mass is 16.1. The Labute approximate surface area is 79.8 Å². The van der Waals surface area contributed by atoms with E-state index in [0.29, 0.717) is 0 Å². The number of hydrogen-bond donors (Lipinski definition) is 0. The van der Waals surface area contributed by atoms with Crippen molar-refractivity contribution in [2.75, 3.05) is 0 Å². The Morgan fingerprint density at radius 3 is 2.69 bits per heavy atom. The van der Waals surface area contributed by atoms with E-state index in [0.717, 1.165) is 25.5 Å². The minimum Gasteiger partial charge on any atom is -0.303 e. The van der Waals surface area contributed by atoms with E-state index in [1.165, 1.54) is 11.1 Å². The van der Waals surface area contributed by atoms with Crippen LogP contribution in [-0.2, 0) is 4.79 Å². The van der Waals surface area contributed by atoms with Crippen molar-refractivity contribution in [2.24, 2.45) is 5.92 Å². The van der Waals surface area contributed by atoms with Crippen molar-refractivity contribution < 1.29 is 4.79 Å². The van der Waals surface area contributed by atoms with Gasteiger partial charge in [-0.3, -0.25) is 0 Å². The van der Waals surface area contributed by atoms with Gasteiger partial charge in [0.25, 0.3) is 0 Å². The first-order valence-electron chi connectivity index (χ1n) is 4.78. The molecule has 0 amide bonds. The molecule has 1 atom stereocenters. The summed E-state index contributed by atoms with van der Waals surface area (Å²) in [5, 5.41) is 0. The van der Waals surface area contributed by atoms with Crippen molar-refractivity contribution in [3.8, 4) is 0 Å². The summed E-state index contributed by atoms with van der Waals surface area (Å²) < 4.78 is 0. The Morgan fingerprint density at radius 1 is 1.46 bits per heavy atom. The van der Waals surface area contributed by atoms with Gasteiger partial charge in [0.05, 0.1) is 0 Å². The normalized spacial score (nSPS) is 28.2. The SMILES string of the molecule is C=C/C=C1/CC(C=O)C/C1=C/CC. The van der Waals surface area contributed by atoms with Crippen LogP contribution in [0.25, 0.3) is 0 Å². The van der Waals surface area contributed by atoms with Crippen LogP contribution >= 0.6 is 0 Å². The third-order valence-corrected chi connectivity index (χ3v) is 2.34. The predicted molar refractivity (Wildman–Crippen MR) is 55.4 cm³/mol. The van der Waals surface area contributed by atoms with E-state index in [1.54, 1.807) is 6.08 Å². The number of carbonyl (C=O) groups is 1. The van der Waals surface area contributed by atoms with Crippen LogP contribution in [0.3, 0.4) is 0 Å². The molecule has 13 heavy (non-hydrogen) atoms. The minimum absolute atomic E-state index is 0.198. The van der Waals surface area contributed by atoms with Gasteiger partial charge in [0.2, 0.25) is 0 Å². The van der Waals surface area contributed by atoms with E-state index in [4.69, 9.17) is 0 Å². The quantitative estimate of drug-likeness (QED) is 0.604. The van der Waals surface area contributed by atoms with E-state index in [-0.39, 0.29) is 5.92 Å². The molecule has 1 unspecified atom stereocenters. The van der Waals surface area contributed by atoms with Gasteiger partial charge >= 0.3 is 0 Å². The molecule has 0 aromatic rings. The summed E-state index contributed by atoms with van der Waals surface area (Å²) in [6, 6.07) is 0. The van der Waals surface area contributed by atoms with Gasteiger partial charge in [-0.1, -0.05) is 31.7 Å². The van der Waals surface area contributed by atoms with Gasteiger partial charge in [-0.15, -0.1) is 0 Å². The van der Waals surface area contributed by atoms with E-state index < -0.39 is 0 Å². The molecule has 0 aromatic carbocycles. The lowest BCUT2D eigenvalue weighted by Crippen LogP contribution is -1.92. The molecule has 0 N–H and O–H groups in total. The van der Waals surface area contributed by atoms with Crippen LogP contribution in [-0.4, -0.2) is 6.29 Å². The molecule has 1 aliphatic carbocycles. The van der Waals surface area contributed by atoms with Crippen molar-refractivity contribution in [1.29, 1.82) is 0 Å². The van der Waals surface area contributed by atoms with Crippen LogP contribution < -0.4 is 0 Å². The molecule has 0 saturated heterocycles. The van der Waals surface area contributed by atoms with Crippen LogP contribution in [0.5, 0.6) is 0 Å². The van der Waals surface area contributed by atoms with Crippen molar-refractivity contribution in [3.63, 3.8) is 0 Å². The largest absolute Gasteiger partial charge is 0.303 e. The zero-order valence-electron chi connectivity index (χ0n) is 8.12. The van der Waals surface area contributed by atoms with E-state index >= 15 is 0 Å². The van der Waals surface area contributed by atoms with E-state index in [2.05, 4.69) is 19.6 Å². The topological polar surface area (TPSA) is 17.1 Å². The van der Waals surface area contributed by atoms with Gasteiger partial charge in [-0.25, -0.2) is 0 Å². The molecule has 1 aliphatic rings. The molecule has 0 bridgehead atoms. The zero-order valence-corrected chi connectivity index (χ0v) is 8.12. The molecule has 0 aromatic heterocycles. The third kappa shape index (κ3) is 2.41. The summed E-state index contributed by atoms with van der Waals surface area (Å²) >= 11 is 0. The first-order chi connectivity index (χ1) is 6.31. The Hall–Kier alpha value is -1.11. The summed E-state index contributed by atoms with van der Waals surface area (Å²) in [6.07, 6.45) is 9.93. The highest BCUT2D eigenvalue weighted by Gasteiger charge is 2.22. The van der Waals surface area contributed by atoms with Crippen LogP contribution in [0, 0.1) is 5.92 Å². The van der Waals surface area contributed by atoms with Crippen molar-refractivity contribution >= 4 is 6.29 Å². The zero-order chi connectivity index (χ0) is 9.68. The molecule has 0 spiro atoms. The molecule has 1 saturated carbocycles. The van der Waals surface area contributed by atoms with Crippen molar-refractivity contribution in [3.05, 3.63) is 36.0 Å². The van der Waals surface area contributed by atoms with Crippen LogP contribution in [0.4, 0.5) is 0 Å². The van der Waals surface area contributed by atoms with Crippen LogP contribution in [0.15, 0.2) is 36.0 Å². The van der Waals surface area contributed by atoms with E-state index in [1.807, 2.05) is 6.08 Å². The van der Waals surface area contributed by atoms with Crippen LogP contribution in [0.2, 0.25) is 0 Å². The Bertz CT molecular complexity index is 258. The molecule has 1 nitrogen and oxygen atoms in total. The van der Waals surface area contributed by atoms with Gasteiger partial charge in [0.15, 0.2) is 0 Å². The molecular weight excluding hydrogens is 160 g/mol. The summed E-state index contributed by atoms with van der Waals surface area (Å²) in [6.45, 7) is 5.80. The maximum absolute atomic E-state index is 10.6. The molecule has 0 aliphatic heterocycles. The number of aldehydes is 1. The highest BCUT2D eigenvalue weighted by molar-refractivity contribution is 5.59. The lowest BCUT2D eigenvalue weighted by molar-refractivity contribution is -0.110. The van der Waals surface area contributed by atoms with Gasteiger partial charge in [-0.05, 0) is 30.4 Å². The second-order valence-electron chi connectivity index (χ2n) is 3.37. The average molecular weight is 176 g/mol. The minimum atomic E-state index is 0.198. The highest BCUT2D eigenvalue weighted by Crippen LogP contribution is 2.34. The molecule has 1 rings (SSSR count). The number of hydrogen-bond acceptors (Lipinski definition) is 1. The first-order valence-corrected chi connectivity index (χ1v) is 4.78. The maximum atomic E-state index is 10.6. The number of allylic oxidation sites excluding steroid dienone is 5. The van der Waals surface area contributed by atoms with Gasteiger partial charge in [0.1, 0.15) is 6.29 Å². The average Bonchev–Trinajstić information content (AvgIpc) is 2.50. The fourth-order valence-corrected chi connectivity index (χ4v) is 1.77. The lowest BCUT2D eigenvalue weighted by Gasteiger charge is -1.97. The van der Waals surface area contributed by atoms with Gasteiger partial charge < -0.3 is 4.79 Å². The standard InChI is InChI=1S/C12H16O/c1-3-5-11-7-10(9-13)8-12(11)6-4-2/h3,5-6,9-10H,1,4,7-8H2,2H3/b11-5-,12-6-. The molecule has 70 valence electrons. The van der Waals surface area contributed by atoms with Gasteiger partial charge in [-0.2, -0.15) is 0 Å². The van der Waals surface area contributed by atoms with E-state index in [9.17, 15) is 4.79 Å².